The molecule has 0 atom stereocenters. The van der Waals surface area contributed by atoms with Crippen LogP contribution in [0.2, 0.25) is 0 Å². The summed E-state index contributed by atoms with van der Waals surface area (Å²) < 4.78 is 34.0. The molecule has 0 spiro atoms. The number of anilines is 2. The molecule has 8 nitrogen and oxygen atoms in total. The molecule has 2 N–H and O–H groups in total. The third kappa shape index (κ3) is 8.55. The number of nitrogens with one attached hydrogen (secondary N) is 2. The summed E-state index contributed by atoms with van der Waals surface area (Å²) in [6, 6.07) is 25.0. The number of piperidine rings is 1. The number of carbonyl (C=O) groups is 1. The SMILES string of the molecule is O=C(NCCN1CCOCC1)c1cc(NS(=O)(=O)Cc2ccccc2)ccc1N1CCC(Cc2ccccc2)CC1. The van der Waals surface area contributed by atoms with E-state index in [1.54, 1.807) is 24.3 Å². The van der Waals surface area contributed by atoms with Crippen LogP contribution in [-0.2, 0) is 26.9 Å². The Morgan fingerprint density at radius 2 is 1.51 bits per heavy atom. The van der Waals surface area contributed by atoms with Gasteiger partial charge in [-0.25, -0.2) is 8.42 Å². The summed E-state index contributed by atoms with van der Waals surface area (Å²) in [5.74, 6) is 0.276. The zero-order valence-electron chi connectivity index (χ0n) is 23.5. The van der Waals surface area contributed by atoms with Crippen molar-refractivity contribution in [3.8, 4) is 0 Å². The Hall–Kier alpha value is -3.40. The van der Waals surface area contributed by atoms with E-state index in [1.165, 1.54) is 5.56 Å². The van der Waals surface area contributed by atoms with Gasteiger partial charge in [0.25, 0.3) is 5.91 Å². The minimum atomic E-state index is -3.65. The second-order valence-electron chi connectivity index (χ2n) is 10.9. The Labute approximate surface area is 243 Å². The van der Waals surface area contributed by atoms with Gasteiger partial charge in [0.15, 0.2) is 0 Å². The monoisotopic (exact) mass is 576 g/mol. The van der Waals surface area contributed by atoms with Crippen LogP contribution < -0.4 is 14.9 Å². The van der Waals surface area contributed by atoms with Crippen molar-refractivity contribution in [2.45, 2.75) is 25.0 Å². The summed E-state index contributed by atoms with van der Waals surface area (Å²) in [7, 11) is -3.65. The molecule has 0 unspecified atom stereocenters. The van der Waals surface area contributed by atoms with Crippen LogP contribution in [0.25, 0.3) is 0 Å². The predicted octanol–water partition coefficient (Wildman–Crippen LogP) is 4.15. The first-order chi connectivity index (χ1) is 19.9. The number of ether oxygens (including phenoxy) is 1. The van der Waals surface area contributed by atoms with Crippen LogP contribution in [0.4, 0.5) is 11.4 Å². The fourth-order valence-electron chi connectivity index (χ4n) is 5.64. The van der Waals surface area contributed by atoms with E-state index >= 15 is 0 Å². The molecule has 3 aromatic rings. The Morgan fingerprint density at radius 3 is 2.20 bits per heavy atom. The summed E-state index contributed by atoms with van der Waals surface area (Å²) in [4.78, 5) is 18.0. The average Bonchev–Trinajstić information content (AvgIpc) is 2.99. The quantitative estimate of drug-likeness (QED) is 0.357. The minimum absolute atomic E-state index is 0.133. The van der Waals surface area contributed by atoms with Gasteiger partial charge in [0.2, 0.25) is 10.0 Å². The third-order valence-corrected chi connectivity index (χ3v) is 9.11. The Morgan fingerprint density at radius 1 is 0.854 bits per heavy atom. The van der Waals surface area contributed by atoms with Crippen molar-refractivity contribution in [3.05, 3.63) is 95.6 Å². The lowest BCUT2D eigenvalue weighted by Gasteiger charge is -2.35. The fraction of sp³-hybridized carbons (Fsp3) is 0.406. The van der Waals surface area contributed by atoms with Gasteiger partial charge in [-0.15, -0.1) is 0 Å². The molecule has 1 amide bonds. The Balaban J connectivity index is 1.28. The lowest BCUT2D eigenvalue weighted by atomic mass is 9.89. The lowest BCUT2D eigenvalue weighted by molar-refractivity contribution is 0.0383. The molecule has 41 heavy (non-hydrogen) atoms. The first-order valence-electron chi connectivity index (χ1n) is 14.5. The second-order valence-corrected chi connectivity index (χ2v) is 12.6. The van der Waals surface area contributed by atoms with E-state index in [0.29, 0.717) is 42.5 Å². The number of carbonyl (C=O) groups excluding carboxylic acids is 1. The number of rotatable bonds is 11. The van der Waals surface area contributed by atoms with Crippen LogP contribution in [0.1, 0.15) is 34.3 Å². The molecule has 0 radical (unpaired) electrons. The van der Waals surface area contributed by atoms with Crippen LogP contribution in [0.3, 0.4) is 0 Å². The fourth-order valence-corrected chi connectivity index (χ4v) is 6.83. The Bertz CT molecular complexity index is 1370. The van der Waals surface area contributed by atoms with Gasteiger partial charge in [-0.2, -0.15) is 0 Å². The number of benzene rings is 3. The van der Waals surface area contributed by atoms with E-state index in [9.17, 15) is 13.2 Å². The minimum Gasteiger partial charge on any atom is -0.379 e. The maximum atomic E-state index is 13.5. The topological polar surface area (TPSA) is 91.0 Å². The first-order valence-corrected chi connectivity index (χ1v) is 16.2. The van der Waals surface area contributed by atoms with Crippen molar-refractivity contribution in [2.24, 2.45) is 5.92 Å². The number of sulfonamides is 1. The molecule has 0 aliphatic carbocycles. The van der Waals surface area contributed by atoms with Gasteiger partial charge in [0.1, 0.15) is 0 Å². The summed E-state index contributed by atoms with van der Waals surface area (Å²) in [6.07, 6.45) is 3.14. The van der Waals surface area contributed by atoms with E-state index in [2.05, 4.69) is 44.1 Å². The summed E-state index contributed by atoms with van der Waals surface area (Å²) in [6.45, 7) is 6.11. The number of hydrogen-bond donors (Lipinski definition) is 2. The summed E-state index contributed by atoms with van der Waals surface area (Å²) in [5.41, 5.74) is 3.79. The highest BCUT2D eigenvalue weighted by atomic mass is 32.2. The van der Waals surface area contributed by atoms with Gasteiger partial charge >= 0.3 is 0 Å². The predicted molar refractivity (Wildman–Crippen MR) is 164 cm³/mol. The molecule has 5 rings (SSSR count). The Kier molecular flexibility index (Phi) is 9.92. The van der Waals surface area contributed by atoms with Gasteiger partial charge in [0, 0.05) is 50.6 Å². The van der Waals surface area contributed by atoms with E-state index in [0.717, 1.165) is 57.7 Å². The molecule has 0 aromatic heterocycles. The van der Waals surface area contributed by atoms with Crippen LogP contribution in [0.5, 0.6) is 0 Å². The number of morpholine rings is 1. The zero-order chi connectivity index (χ0) is 28.5. The number of hydrogen-bond acceptors (Lipinski definition) is 6. The van der Waals surface area contributed by atoms with Crippen molar-refractivity contribution in [1.29, 1.82) is 0 Å². The maximum absolute atomic E-state index is 13.5. The molecule has 3 aromatic carbocycles. The van der Waals surface area contributed by atoms with E-state index in [1.807, 2.05) is 30.3 Å². The van der Waals surface area contributed by atoms with Crippen molar-refractivity contribution in [3.63, 3.8) is 0 Å². The largest absolute Gasteiger partial charge is 0.379 e. The molecule has 218 valence electrons. The highest BCUT2D eigenvalue weighted by Crippen LogP contribution is 2.30. The highest BCUT2D eigenvalue weighted by Gasteiger charge is 2.24. The first kappa shape index (κ1) is 29.1. The summed E-state index contributed by atoms with van der Waals surface area (Å²) in [5, 5.41) is 3.07. The number of nitrogens with zero attached hydrogens (tertiary/aromatic N) is 2. The van der Waals surface area contributed by atoms with Crippen LogP contribution >= 0.6 is 0 Å². The number of amides is 1. The second kappa shape index (κ2) is 14.0. The molecule has 9 heteroatoms. The lowest BCUT2D eigenvalue weighted by Crippen LogP contribution is -2.41. The molecular formula is C32H40N4O4S. The van der Waals surface area contributed by atoms with Gasteiger partial charge in [-0.05, 0) is 54.5 Å². The third-order valence-electron chi connectivity index (χ3n) is 7.85. The molecule has 0 saturated carbocycles. The van der Waals surface area contributed by atoms with Crippen LogP contribution in [0, 0.1) is 5.92 Å². The van der Waals surface area contributed by atoms with E-state index < -0.39 is 10.0 Å². The molecule has 2 heterocycles. The van der Waals surface area contributed by atoms with Crippen molar-refractivity contribution >= 4 is 27.3 Å². The van der Waals surface area contributed by atoms with Gasteiger partial charge in [-0.1, -0.05) is 60.7 Å². The average molecular weight is 577 g/mol. The van der Waals surface area contributed by atoms with E-state index in [-0.39, 0.29) is 11.7 Å². The molecule has 2 aliphatic heterocycles. The molecule has 2 fully saturated rings. The van der Waals surface area contributed by atoms with Gasteiger partial charge < -0.3 is 15.0 Å². The van der Waals surface area contributed by atoms with Crippen molar-refractivity contribution in [1.82, 2.24) is 10.2 Å². The smallest absolute Gasteiger partial charge is 0.253 e. The van der Waals surface area contributed by atoms with Crippen LogP contribution in [0.15, 0.2) is 78.9 Å². The zero-order valence-corrected chi connectivity index (χ0v) is 24.3. The standard InChI is InChI=1S/C32H40N4O4S/c37-32(33-15-18-35-19-21-40-22-20-35)30-24-29(34-41(38,39)25-28-9-5-2-6-10-28)11-12-31(30)36-16-13-27(14-17-36)23-26-7-3-1-4-8-26/h1-12,24,27,34H,13-23,25H2,(H,33,37). The molecule has 2 aliphatic rings. The molecular weight excluding hydrogens is 536 g/mol. The maximum Gasteiger partial charge on any atom is 0.253 e. The van der Waals surface area contributed by atoms with E-state index in [4.69, 9.17) is 4.74 Å². The van der Waals surface area contributed by atoms with Crippen molar-refractivity contribution in [2.75, 3.05) is 62.1 Å². The molecule has 0 bridgehead atoms. The molecule has 2 saturated heterocycles. The normalized spacial score (nSPS) is 16.8. The summed E-state index contributed by atoms with van der Waals surface area (Å²) >= 11 is 0. The van der Waals surface area contributed by atoms with Gasteiger partial charge in [-0.3, -0.25) is 14.4 Å². The van der Waals surface area contributed by atoms with Crippen molar-refractivity contribution < 1.29 is 17.9 Å². The van der Waals surface area contributed by atoms with Crippen LogP contribution in [-0.4, -0.2) is 71.7 Å². The highest BCUT2D eigenvalue weighted by molar-refractivity contribution is 7.91. The van der Waals surface area contributed by atoms with Gasteiger partial charge in [0.05, 0.1) is 24.5 Å².